The summed E-state index contributed by atoms with van der Waals surface area (Å²) in [6.07, 6.45) is 6.97. The fraction of sp³-hybridized carbons (Fsp3) is 0.174. The van der Waals surface area contributed by atoms with Gasteiger partial charge in [0.1, 0.15) is 0 Å². The summed E-state index contributed by atoms with van der Waals surface area (Å²) in [5.41, 5.74) is 5.68. The van der Waals surface area contributed by atoms with Crippen LogP contribution in [0.25, 0.3) is 22.0 Å². The van der Waals surface area contributed by atoms with Crippen LogP contribution in [-0.4, -0.2) is 12.1 Å². The number of anilines is 1. The van der Waals surface area contributed by atoms with Crippen LogP contribution in [0.15, 0.2) is 78.3 Å². The Hall–Kier alpha value is -3.07. The minimum absolute atomic E-state index is 0.0995. The molecule has 0 radical (unpaired) electrons. The minimum Gasteiger partial charge on any atom is -0.501 e. The maximum atomic E-state index is 5.53. The van der Waals surface area contributed by atoms with E-state index in [0.717, 1.165) is 29.1 Å². The van der Waals surface area contributed by atoms with E-state index < -0.39 is 0 Å². The highest BCUT2D eigenvalue weighted by molar-refractivity contribution is 5.99. The zero-order chi connectivity index (χ0) is 17.7. The lowest BCUT2D eigenvalue weighted by Crippen LogP contribution is -2.25. The highest BCUT2D eigenvalue weighted by atomic mass is 16.5. The molecule has 3 heteroatoms. The summed E-state index contributed by atoms with van der Waals surface area (Å²) in [6.45, 7) is 2.27. The highest BCUT2D eigenvalue weighted by Crippen LogP contribution is 2.51. The van der Waals surface area contributed by atoms with Gasteiger partial charge in [-0.1, -0.05) is 42.5 Å². The van der Waals surface area contributed by atoms with Gasteiger partial charge in [-0.15, -0.1) is 0 Å². The minimum atomic E-state index is -0.0995. The lowest BCUT2D eigenvalue weighted by molar-refractivity contribution is 0.258. The number of hydrogen-bond acceptors (Lipinski definition) is 3. The van der Waals surface area contributed by atoms with Gasteiger partial charge in [-0.3, -0.25) is 4.98 Å². The monoisotopic (exact) mass is 340 g/mol. The largest absolute Gasteiger partial charge is 0.501 e. The summed E-state index contributed by atoms with van der Waals surface area (Å²) >= 11 is 0. The molecule has 1 aliphatic heterocycles. The van der Waals surface area contributed by atoms with Crippen molar-refractivity contribution in [3.63, 3.8) is 0 Å². The predicted molar refractivity (Wildman–Crippen MR) is 106 cm³/mol. The van der Waals surface area contributed by atoms with E-state index in [1.54, 1.807) is 7.11 Å². The second kappa shape index (κ2) is 5.46. The molecule has 0 spiro atoms. The molecule has 1 aliphatic carbocycles. The van der Waals surface area contributed by atoms with E-state index in [4.69, 9.17) is 9.72 Å². The van der Waals surface area contributed by atoms with Crippen molar-refractivity contribution in [3.05, 3.63) is 83.9 Å². The van der Waals surface area contributed by atoms with Gasteiger partial charge in [0.05, 0.1) is 24.3 Å². The molecule has 3 aromatic rings. The van der Waals surface area contributed by atoms with E-state index in [0.29, 0.717) is 0 Å². The first-order chi connectivity index (χ1) is 12.7. The van der Waals surface area contributed by atoms with E-state index in [9.17, 15) is 0 Å². The highest BCUT2D eigenvalue weighted by Gasteiger charge is 2.42. The second-order valence-electron chi connectivity index (χ2n) is 7.16. The summed E-state index contributed by atoms with van der Waals surface area (Å²) in [7, 11) is 1.74. The van der Waals surface area contributed by atoms with Gasteiger partial charge >= 0.3 is 0 Å². The summed E-state index contributed by atoms with van der Waals surface area (Å²) in [5, 5.41) is 6.11. The third-order valence-corrected chi connectivity index (χ3v) is 5.67. The molecule has 1 aromatic heterocycles. The van der Waals surface area contributed by atoms with Gasteiger partial charge in [0.2, 0.25) is 0 Å². The van der Waals surface area contributed by atoms with Gasteiger partial charge in [0, 0.05) is 29.3 Å². The first-order valence-corrected chi connectivity index (χ1v) is 8.91. The molecule has 2 aromatic carbocycles. The molecule has 128 valence electrons. The Balaban J connectivity index is 1.72. The Morgan fingerprint density at radius 3 is 2.77 bits per heavy atom. The van der Waals surface area contributed by atoms with Crippen molar-refractivity contribution in [3.8, 4) is 11.3 Å². The fourth-order valence-electron chi connectivity index (χ4n) is 4.24. The normalized spacial score (nSPS) is 20.7. The van der Waals surface area contributed by atoms with Crippen LogP contribution in [-0.2, 0) is 10.2 Å². The smallest absolute Gasteiger partial charge is 0.0968 e. The lowest BCUT2D eigenvalue weighted by Gasteiger charge is -2.29. The number of hydrogen-bond donors (Lipinski definition) is 1. The molecule has 1 atom stereocenters. The Bertz CT molecular complexity index is 1090. The fourth-order valence-corrected chi connectivity index (χ4v) is 4.24. The first-order valence-electron chi connectivity index (χ1n) is 8.91. The molecule has 2 heterocycles. The zero-order valence-electron chi connectivity index (χ0n) is 14.9. The average molecular weight is 340 g/mol. The van der Waals surface area contributed by atoms with Crippen molar-refractivity contribution in [2.45, 2.75) is 18.8 Å². The molecule has 0 fully saturated rings. The summed E-state index contributed by atoms with van der Waals surface area (Å²) in [5.74, 6) is 1.01. The molecular weight excluding hydrogens is 320 g/mol. The Morgan fingerprint density at radius 2 is 1.88 bits per heavy atom. The molecular formula is C23H20N2O. The first kappa shape index (κ1) is 15.2. The van der Waals surface area contributed by atoms with Crippen LogP contribution in [0.4, 0.5) is 5.69 Å². The molecule has 5 rings (SSSR count). The Labute approximate surface area is 153 Å². The molecule has 0 saturated carbocycles. The summed E-state index contributed by atoms with van der Waals surface area (Å²) in [6, 6.07) is 17.0. The number of pyridine rings is 1. The maximum Gasteiger partial charge on any atom is 0.0968 e. The average Bonchev–Trinajstić information content (AvgIpc) is 2.99. The standard InChI is InChI=1S/C23H20N2O/c1-23-14-16(26-2)10-11-20(23)25-22-19(23)12-13-24-21(22)18-9-5-7-15-6-3-4-8-17(15)18/h3-13,25H,14H2,1-2H3. The molecule has 1 N–H and O–H groups in total. The molecule has 2 aliphatic rings. The Morgan fingerprint density at radius 1 is 1.04 bits per heavy atom. The van der Waals surface area contributed by atoms with E-state index in [1.807, 2.05) is 6.20 Å². The van der Waals surface area contributed by atoms with Crippen LogP contribution in [0.2, 0.25) is 0 Å². The SMILES string of the molecule is COC1=CC=C2Nc3c(ccnc3-c3cccc4ccccc34)C2(C)C1. The number of nitrogens with one attached hydrogen (secondary N) is 1. The molecule has 0 amide bonds. The number of rotatable bonds is 2. The van der Waals surface area contributed by atoms with Crippen molar-refractivity contribution in [2.24, 2.45) is 0 Å². The number of fused-ring (bicyclic) bond motifs is 4. The molecule has 26 heavy (non-hydrogen) atoms. The van der Waals surface area contributed by atoms with Crippen molar-refractivity contribution >= 4 is 16.5 Å². The third kappa shape index (κ3) is 2.03. The Kier molecular flexibility index (Phi) is 3.20. The summed E-state index contributed by atoms with van der Waals surface area (Å²) < 4.78 is 5.53. The molecule has 0 saturated heterocycles. The van der Waals surface area contributed by atoms with E-state index in [2.05, 4.69) is 72.9 Å². The van der Waals surface area contributed by atoms with Gasteiger partial charge in [-0.2, -0.15) is 0 Å². The van der Waals surface area contributed by atoms with Crippen LogP contribution in [0.1, 0.15) is 18.9 Å². The van der Waals surface area contributed by atoms with Crippen LogP contribution < -0.4 is 5.32 Å². The lowest BCUT2D eigenvalue weighted by atomic mass is 9.76. The van der Waals surface area contributed by atoms with Crippen LogP contribution >= 0.6 is 0 Å². The van der Waals surface area contributed by atoms with Crippen molar-refractivity contribution in [2.75, 3.05) is 12.4 Å². The maximum absolute atomic E-state index is 5.53. The molecule has 0 bridgehead atoms. The van der Waals surface area contributed by atoms with Gasteiger partial charge in [-0.25, -0.2) is 0 Å². The van der Waals surface area contributed by atoms with Gasteiger partial charge in [0.15, 0.2) is 0 Å². The van der Waals surface area contributed by atoms with Crippen molar-refractivity contribution < 1.29 is 4.74 Å². The van der Waals surface area contributed by atoms with Crippen molar-refractivity contribution in [1.29, 1.82) is 0 Å². The van der Waals surface area contributed by atoms with Crippen LogP contribution in [0, 0.1) is 0 Å². The molecule has 3 nitrogen and oxygen atoms in total. The number of aromatic nitrogens is 1. The molecule has 1 unspecified atom stereocenters. The van der Waals surface area contributed by atoms with Gasteiger partial charge in [-0.05, 0) is 41.5 Å². The number of nitrogens with zero attached hydrogens (tertiary/aromatic N) is 1. The number of methoxy groups -OCH3 is 1. The zero-order valence-corrected chi connectivity index (χ0v) is 14.9. The third-order valence-electron chi connectivity index (χ3n) is 5.67. The van der Waals surface area contributed by atoms with Crippen molar-refractivity contribution in [1.82, 2.24) is 4.98 Å². The van der Waals surface area contributed by atoms with E-state index in [-0.39, 0.29) is 5.41 Å². The number of ether oxygens (including phenoxy) is 1. The quantitative estimate of drug-likeness (QED) is 0.678. The summed E-state index contributed by atoms with van der Waals surface area (Å²) in [4.78, 5) is 4.76. The predicted octanol–water partition coefficient (Wildman–Crippen LogP) is 5.40. The second-order valence-corrected chi connectivity index (χ2v) is 7.16. The van der Waals surface area contributed by atoms with Crippen LogP contribution in [0.3, 0.4) is 0 Å². The van der Waals surface area contributed by atoms with E-state index >= 15 is 0 Å². The van der Waals surface area contributed by atoms with E-state index in [1.165, 1.54) is 22.0 Å². The number of allylic oxidation sites excluding steroid dienone is 4. The topological polar surface area (TPSA) is 34.1 Å². The van der Waals surface area contributed by atoms with Crippen LogP contribution in [0.5, 0.6) is 0 Å². The van der Waals surface area contributed by atoms with Gasteiger partial charge < -0.3 is 10.1 Å². The van der Waals surface area contributed by atoms with Gasteiger partial charge in [0.25, 0.3) is 0 Å². The number of benzene rings is 2.